The standard InChI is InChI=1S/C16H12ClN3O3.C2H6/c1-9(21)15-13(16(22)23)8-20(19-15)7-10-2-3-14-11(4-10)5-12(17)6-18-14;1-2/h2-6,8H,7H2,1H3,(H,22,23);1-2H3. The van der Waals surface area contributed by atoms with Crippen LogP contribution in [0.1, 0.15) is 47.2 Å². The van der Waals surface area contributed by atoms with Crippen LogP contribution in [0.3, 0.4) is 0 Å². The number of hydrogen-bond acceptors (Lipinski definition) is 4. The average Bonchev–Trinajstić information content (AvgIpc) is 3.01. The van der Waals surface area contributed by atoms with Crippen molar-refractivity contribution < 1.29 is 14.7 Å². The van der Waals surface area contributed by atoms with E-state index in [1.165, 1.54) is 17.8 Å². The largest absolute Gasteiger partial charge is 0.478 e. The fraction of sp³-hybridized carbons (Fsp3) is 0.222. The predicted octanol–water partition coefficient (Wildman–Crippen LogP) is 4.06. The molecule has 0 unspecified atom stereocenters. The smallest absolute Gasteiger partial charge is 0.339 e. The SMILES string of the molecule is CC.CC(=O)c1nn(Cc2ccc3ncc(Cl)cc3c2)cc1C(=O)O. The van der Waals surface area contributed by atoms with Crippen molar-refractivity contribution in [2.45, 2.75) is 27.3 Å². The molecule has 0 radical (unpaired) electrons. The van der Waals surface area contributed by atoms with Crippen molar-refractivity contribution in [3.63, 3.8) is 0 Å². The first kappa shape index (κ1) is 18.6. The summed E-state index contributed by atoms with van der Waals surface area (Å²) in [4.78, 5) is 26.9. The Morgan fingerprint density at radius 2 is 1.96 bits per heavy atom. The molecule has 0 aliphatic heterocycles. The van der Waals surface area contributed by atoms with Gasteiger partial charge in [0.1, 0.15) is 11.3 Å². The lowest BCUT2D eigenvalue weighted by Crippen LogP contribution is -2.04. The van der Waals surface area contributed by atoms with Crippen LogP contribution >= 0.6 is 11.6 Å². The minimum Gasteiger partial charge on any atom is -0.478 e. The Morgan fingerprint density at radius 1 is 1.24 bits per heavy atom. The summed E-state index contributed by atoms with van der Waals surface area (Å²) in [5, 5.41) is 14.6. The quantitative estimate of drug-likeness (QED) is 0.710. The van der Waals surface area contributed by atoms with E-state index in [1.807, 2.05) is 32.0 Å². The van der Waals surface area contributed by atoms with E-state index in [2.05, 4.69) is 10.1 Å². The molecular weight excluding hydrogens is 342 g/mol. The molecule has 6 nitrogen and oxygen atoms in total. The Morgan fingerprint density at radius 3 is 2.56 bits per heavy atom. The van der Waals surface area contributed by atoms with Gasteiger partial charge in [0, 0.05) is 24.7 Å². The molecule has 0 saturated carbocycles. The first-order chi connectivity index (χ1) is 11.9. The van der Waals surface area contributed by atoms with Crippen molar-refractivity contribution in [2.24, 2.45) is 0 Å². The normalized spacial score (nSPS) is 10.2. The number of hydrogen-bond donors (Lipinski definition) is 1. The maximum Gasteiger partial charge on any atom is 0.339 e. The van der Waals surface area contributed by atoms with E-state index in [0.717, 1.165) is 16.5 Å². The van der Waals surface area contributed by atoms with Crippen molar-refractivity contribution in [1.82, 2.24) is 14.8 Å². The zero-order valence-electron chi connectivity index (χ0n) is 14.2. The highest BCUT2D eigenvalue weighted by molar-refractivity contribution is 6.31. The van der Waals surface area contributed by atoms with Gasteiger partial charge in [0.15, 0.2) is 5.78 Å². The van der Waals surface area contributed by atoms with E-state index in [1.54, 1.807) is 12.3 Å². The first-order valence-corrected chi connectivity index (χ1v) is 8.17. The van der Waals surface area contributed by atoms with Crippen LogP contribution < -0.4 is 0 Å². The molecule has 2 heterocycles. The minimum atomic E-state index is -1.17. The maximum atomic E-state index is 11.5. The Balaban J connectivity index is 0.00000109. The summed E-state index contributed by atoms with van der Waals surface area (Å²) in [7, 11) is 0. The Labute approximate surface area is 150 Å². The van der Waals surface area contributed by atoms with Crippen LogP contribution in [-0.2, 0) is 6.54 Å². The molecule has 0 fully saturated rings. The molecule has 0 amide bonds. The van der Waals surface area contributed by atoms with Gasteiger partial charge in [0.2, 0.25) is 0 Å². The number of benzene rings is 1. The van der Waals surface area contributed by atoms with Crippen LogP contribution in [0.4, 0.5) is 0 Å². The van der Waals surface area contributed by atoms with Gasteiger partial charge >= 0.3 is 5.97 Å². The second-order valence-electron chi connectivity index (χ2n) is 5.13. The lowest BCUT2D eigenvalue weighted by Gasteiger charge is -2.04. The number of carboxylic acids is 1. The number of aromatic carboxylic acids is 1. The third kappa shape index (κ3) is 4.22. The van der Waals surface area contributed by atoms with Gasteiger partial charge in [-0.2, -0.15) is 5.10 Å². The van der Waals surface area contributed by atoms with Gasteiger partial charge in [-0.05, 0) is 23.8 Å². The number of carboxylic acid groups (broad SMARTS) is 1. The number of carbonyl (C=O) groups excluding carboxylic acids is 1. The number of fused-ring (bicyclic) bond motifs is 1. The lowest BCUT2D eigenvalue weighted by molar-refractivity contribution is 0.0692. The number of halogens is 1. The van der Waals surface area contributed by atoms with Gasteiger partial charge in [-0.15, -0.1) is 0 Å². The van der Waals surface area contributed by atoms with Crippen molar-refractivity contribution in [3.8, 4) is 0 Å². The predicted molar refractivity (Wildman–Crippen MR) is 96.4 cm³/mol. The second kappa shape index (κ2) is 7.90. The van der Waals surface area contributed by atoms with E-state index in [0.29, 0.717) is 11.6 Å². The monoisotopic (exact) mass is 359 g/mol. The van der Waals surface area contributed by atoms with Crippen molar-refractivity contribution in [2.75, 3.05) is 0 Å². The van der Waals surface area contributed by atoms with E-state index < -0.39 is 5.97 Å². The minimum absolute atomic E-state index is 0.0389. The molecular formula is C18H18ClN3O3. The molecule has 0 spiro atoms. The van der Waals surface area contributed by atoms with Crippen LogP contribution in [0.5, 0.6) is 0 Å². The van der Waals surface area contributed by atoms with E-state index in [-0.39, 0.29) is 17.0 Å². The summed E-state index contributed by atoms with van der Waals surface area (Å²) >= 11 is 5.94. The third-order valence-electron chi connectivity index (χ3n) is 3.38. The number of aromatic nitrogens is 3. The highest BCUT2D eigenvalue weighted by atomic mass is 35.5. The number of rotatable bonds is 4. The van der Waals surface area contributed by atoms with E-state index >= 15 is 0 Å². The van der Waals surface area contributed by atoms with Crippen LogP contribution in [0.25, 0.3) is 10.9 Å². The Bertz CT molecular complexity index is 903. The fourth-order valence-corrected chi connectivity index (χ4v) is 2.52. The Kier molecular flexibility index (Phi) is 5.88. The van der Waals surface area contributed by atoms with E-state index in [9.17, 15) is 9.59 Å². The first-order valence-electron chi connectivity index (χ1n) is 7.80. The summed E-state index contributed by atoms with van der Waals surface area (Å²) in [5.41, 5.74) is 1.58. The maximum absolute atomic E-state index is 11.5. The van der Waals surface area contributed by atoms with Crippen LogP contribution in [-0.4, -0.2) is 31.6 Å². The summed E-state index contributed by atoms with van der Waals surface area (Å²) < 4.78 is 1.44. The van der Waals surface area contributed by atoms with Crippen LogP contribution in [0, 0.1) is 0 Å². The molecule has 0 atom stereocenters. The average molecular weight is 360 g/mol. The molecule has 7 heteroatoms. The van der Waals surface area contributed by atoms with Gasteiger partial charge in [-0.3, -0.25) is 14.5 Å². The second-order valence-corrected chi connectivity index (χ2v) is 5.57. The van der Waals surface area contributed by atoms with Gasteiger partial charge in [-0.1, -0.05) is 31.5 Å². The van der Waals surface area contributed by atoms with Crippen molar-refractivity contribution >= 4 is 34.3 Å². The molecule has 2 aromatic heterocycles. The van der Waals surface area contributed by atoms with Crippen LogP contribution in [0.15, 0.2) is 36.7 Å². The topological polar surface area (TPSA) is 85.1 Å². The van der Waals surface area contributed by atoms with Crippen molar-refractivity contribution in [3.05, 3.63) is 58.5 Å². The molecule has 0 saturated heterocycles. The zero-order chi connectivity index (χ0) is 18.6. The van der Waals surface area contributed by atoms with Crippen LogP contribution in [0.2, 0.25) is 5.02 Å². The highest BCUT2D eigenvalue weighted by Gasteiger charge is 2.18. The molecule has 0 bridgehead atoms. The molecule has 1 aromatic carbocycles. The van der Waals surface area contributed by atoms with Gasteiger partial charge in [0.25, 0.3) is 0 Å². The fourth-order valence-electron chi connectivity index (χ4n) is 2.36. The lowest BCUT2D eigenvalue weighted by atomic mass is 10.1. The highest BCUT2D eigenvalue weighted by Crippen LogP contribution is 2.19. The molecule has 3 rings (SSSR count). The molecule has 1 N–H and O–H groups in total. The summed E-state index contributed by atoms with van der Waals surface area (Å²) in [6.45, 7) is 5.64. The summed E-state index contributed by atoms with van der Waals surface area (Å²) in [5.74, 6) is -1.55. The summed E-state index contributed by atoms with van der Waals surface area (Å²) in [6, 6.07) is 7.44. The molecule has 0 aliphatic rings. The van der Waals surface area contributed by atoms with Gasteiger partial charge in [0.05, 0.1) is 17.1 Å². The van der Waals surface area contributed by atoms with Gasteiger partial charge in [-0.25, -0.2) is 4.79 Å². The zero-order valence-corrected chi connectivity index (χ0v) is 14.9. The number of pyridine rings is 1. The van der Waals surface area contributed by atoms with Crippen molar-refractivity contribution in [1.29, 1.82) is 0 Å². The molecule has 130 valence electrons. The molecule has 0 aliphatic carbocycles. The number of Topliss-reactive ketones (excluding diaryl/α,β-unsaturated/α-hetero) is 1. The molecule has 25 heavy (non-hydrogen) atoms. The number of nitrogens with zero attached hydrogens (tertiary/aromatic N) is 3. The van der Waals surface area contributed by atoms with E-state index in [4.69, 9.17) is 16.7 Å². The number of ketones is 1. The third-order valence-corrected chi connectivity index (χ3v) is 3.59. The molecule has 3 aromatic rings. The number of carbonyl (C=O) groups is 2. The Hall–Kier alpha value is -2.73. The van der Waals surface area contributed by atoms with Gasteiger partial charge < -0.3 is 5.11 Å². The summed E-state index contributed by atoms with van der Waals surface area (Å²) in [6.07, 6.45) is 2.94.